The maximum atomic E-state index is 13.4. The molecule has 0 N–H and O–H groups in total. The number of amides is 1. The summed E-state index contributed by atoms with van der Waals surface area (Å²) in [5, 5.41) is 1.10. The minimum atomic E-state index is -0.122. The summed E-state index contributed by atoms with van der Waals surface area (Å²) in [5.74, 6) is 0.269. The molecular weight excluding hydrogens is 394 g/mol. The molecule has 3 aromatic rings. The van der Waals surface area contributed by atoms with Crippen LogP contribution in [-0.4, -0.2) is 38.2 Å². The van der Waals surface area contributed by atoms with Gasteiger partial charge in [0.25, 0.3) is 5.56 Å². The molecule has 0 spiro atoms. The minimum Gasteiger partial charge on any atom is -0.337 e. The zero-order chi connectivity index (χ0) is 22.0. The van der Waals surface area contributed by atoms with Gasteiger partial charge in [-0.05, 0) is 76.9 Å². The zero-order valence-corrected chi connectivity index (χ0v) is 19.3. The number of para-hydroxylation sites is 1. The monoisotopic (exact) mass is 423 g/mol. The first-order valence-corrected chi connectivity index (χ1v) is 11.2. The number of thioether (sulfide) groups is 1. The Hall–Kier alpha value is -2.60. The largest absolute Gasteiger partial charge is 0.337 e. The average molecular weight is 424 g/mol. The molecule has 1 amide bonds. The van der Waals surface area contributed by atoms with E-state index in [0.29, 0.717) is 16.1 Å². The Morgan fingerprint density at radius 2 is 1.70 bits per heavy atom. The van der Waals surface area contributed by atoms with Gasteiger partial charge in [0.1, 0.15) is 0 Å². The van der Waals surface area contributed by atoms with E-state index < -0.39 is 0 Å². The number of carbonyl (C=O) groups is 1. The van der Waals surface area contributed by atoms with Crippen molar-refractivity contribution in [1.82, 2.24) is 14.5 Å². The summed E-state index contributed by atoms with van der Waals surface area (Å²) in [5.41, 5.74) is 3.55. The molecular formula is C24H29N3O2S. The lowest BCUT2D eigenvalue weighted by atomic mass is 10.1. The summed E-state index contributed by atoms with van der Waals surface area (Å²) in [4.78, 5) is 32.8. The summed E-state index contributed by atoms with van der Waals surface area (Å²) < 4.78 is 1.63. The average Bonchev–Trinajstić information content (AvgIpc) is 2.68. The topological polar surface area (TPSA) is 55.2 Å². The van der Waals surface area contributed by atoms with Crippen LogP contribution in [0.3, 0.4) is 0 Å². The molecule has 0 aliphatic heterocycles. The van der Waals surface area contributed by atoms with Gasteiger partial charge in [-0.3, -0.25) is 14.2 Å². The number of hydrogen-bond donors (Lipinski definition) is 0. The minimum absolute atomic E-state index is 0.0408. The van der Waals surface area contributed by atoms with Gasteiger partial charge >= 0.3 is 0 Å². The summed E-state index contributed by atoms with van der Waals surface area (Å²) in [6.45, 7) is 12.1. The predicted molar refractivity (Wildman–Crippen MR) is 125 cm³/mol. The molecule has 6 heteroatoms. The first kappa shape index (κ1) is 22.1. The van der Waals surface area contributed by atoms with E-state index in [-0.39, 0.29) is 29.3 Å². The van der Waals surface area contributed by atoms with Gasteiger partial charge in [0.15, 0.2) is 5.16 Å². The normalized spacial score (nSPS) is 11.5. The Bertz CT molecular complexity index is 1130. The Labute approximate surface area is 182 Å². The molecule has 0 unspecified atom stereocenters. The third-order valence-corrected chi connectivity index (χ3v) is 6.14. The molecule has 0 radical (unpaired) electrons. The van der Waals surface area contributed by atoms with Crippen LogP contribution in [0.15, 0.2) is 52.4 Å². The molecule has 1 heterocycles. The molecule has 30 heavy (non-hydrogen) atoms. The van der Waals surface area contributed by atoms with Gasteiger partial charge in [0.05, 0.1) is 22.3 Å². The highest BCUT2D eigenvalue weighted by Crippen LogP contribution is 2.23. The van der Waals surface area contributed by atoms with Crippen LogP contribution in [0.2, 0.25) is 0 Å². The molecule has 0 aliphatic carbocycles. The zero-order valence-electron chi connectivity index (χ0n) is 18.5. The number of aromatic nitrogens is 2. The SMILES string of the molecule is Cc1ccc(-n2c(SCC(=O)N(C(C)C)C(C)C)nc3ccccc3c2=O)cc1C. The lowest BCUT2D eigenvalue weighted by Crippen LogP contribution is -2.43. The number of benzene rings is 2. The first-order chi connectivity index (χ1) is 14.2. The molecule has 158 valence electrons. The fraction of sp³-hybridized carbons (Fsp3) is 0.375. The summed E-state index contributed by atoms with van der Waals surface area (Å²) in [6.07, 6.45) is 0. The van der Waals surface area contributed by atoms with Gasteiger partial charge in [-0.25, -0.2) is 4.98 Å². The second-order valence-corrected chi connectivity index (χ2v) is 9.04. The summed E-state index contributed by atoms with van der Waals surface area (Å²) >= 11 is 1.31. The van der Waals surface area contributed by atoms with Crippen LogP contribution in [0, 0.1) is 13.8 Å². The number of fused-ring (bicyclic) bond motifs is 1. The molecule has 0 fully saturated rings. The lowest BCUT2D eigenvalue weighted by molar-refractivity contribution is -0.131. The van der Waals surface area contributed by atoms with Crippen molar-refractivity contribution >= 4 is 28.6 Å². The quantitative estimate of drug-likeness (QED) is 0.424. The van der Waals surface area contributed by atoms with E-state index in [1.54, 1.807) is 10.6 Å². The van der Waals surface area contributed by atoms with Crippen LogP contribution in [0.25, 0.3) is 16.6 Å². The highest BCUT2D eigenvalue weighted by atomic mass is 32.2. The van der Waals surface area contributed by atoms with Crippen molar-refractivity contribution in [1.29, 1.82) is 0 Å². The molecule has 3 rings (SSSR count). The highest BCUT2D eigenvalue weighted by Gasteiger charge is 2.22. The third-order valence-electron chi connectivity index (χ3n) is 5.22. The van der Waals surface area contributed by atoms with Gasteiger partial charge in [-0.1, -0.05) is 30.0 Å². The van der Waals surface area contributed by atoms with Crippen molar-refractivity contribution in [2.75, 3.05) is 5.75 Å². The van der Waals surface area contributed by atoms with Crippen molar-refractivity contribution < 1.29 is 4.79 Å². The van der Waals surface area contributed by atoms with Crippen LogP contribution < -0.4 is 5.56 Å². The summed E-state index contributed by atoms with van der Waals surface area (Å²) in [7, 11) is 0. The number of rotatable bonds is 6. The van der Waals surface area contributed by atoms with Gasteiger partial charge in [-0.2, -0.15) is 0 Å². The number of aryl methyl sites for hydroxylation is 2. The van der Waals surface area contributed by atoms with Crippen molar-refractivity contribution in [2.45, 2.75) is 58.8 Å². The van der Waals surface area contributed by atoms with Crippen LogP contribution in [0.1, 0.15) is 38.8 Å². The van der Waals surface area contributed by atoms with Crippen molar-refractivity contribution in [3.8, 4) is 5.69 Å². The molecule has 0 atom stereocenters. The van der Waals surface area contributed by atoms with Gasteiger partial charge in [0.2, 0.25) is 5.91 Å². The molecule has 0 saturated heterocycles. The van der Waals surface area contributed by atoms with Gasteiger partial charge < -0.3 is 4.90 Å². The highest BCUT2D eigenvalue weighted by molar-refractivity contribution is 7.99. The van der Waals surface area contributed by atoms with Gasteiger partial charge in [0, 0.05) is 12.1 Å². The Morgan fingerprint density at radius 3 is 2.33 bits per heavy atom. The molecule has 2 aromatic carbocycles. The van der Waals surface area contributed by atoms with E-state index in [9.17, 15) is 9.59 Å². The molecule has 1 aromatic heterocycles. The molecule has 0 bridgehead atoms. The smallest absolute Gasteiger partial charge is 0.266 e. The number of carbonyl (C=O) groups excluding carboxylic acids is 1. The molecule has 0 saturated carbocycles. The first-order valence-electron chi connectivity index (χ1n) is 10.2. The summed E-state index contributed by atoms with van der Waals surface area (Å²) in [6, 6.07) is 13.5. The molecule has 0 aliphatic rings. The van der Waals surface area contributed by atoms with Crippen LogP contribution >= 0.6 is 11.8 Å². The van der Waals surface area contributed by atoms with E-state index in [2.05, 4.69) is 0 Å². The van der Waals surface area contributed by atoms with Crippen molar-refractivity contribution in [3.05, 3.63) is 63.9 Å². The fourth-order valence-corrected chi connectivity index (χ4v) is 4.56. The van der Waals surface area contributed by atoms with Crippen molar-refractivity contribution in [3.63, 3.8) is 0 Å². The molecule has 5 nitrogen and oxygen atoms in total. The second kappa shape index (κ2) is 9.04. The van der Waals surface area contributed by atoms with Crippen LogP contribution in [-0.2, 0) is 4.79 Å². The van der Waals surface area contributed by atoms with Gasteiger partial charge in [-0.15, -0.1) is 0 Å². The van der Waals surface area contributed by atoms with Crippen molar-refractivity contribution in [2.24, 2.45) is 0 Å². The van der Waals surface area contributed by atoms with Crippen LogP contribution in [0.5, 0.6) is 0 Å². The second-order valence-electron chi connectivity index (χ2n) is 8.10. The van der Waals surface area contributed by atoms with E-state index in [0.717, 1.165) is 16.8 Å². The van der Waals surface area contributed by atoms with E-state index >= 15 is 0 Å². The Balaban J connectivity index is 2.08. The standard InChI is InChI=1S/C24H29N3O2S/c1-15(2)26(16(3)4)22(28)14-30-24-25-21-10-8-7-9-20(21)23(29)27(24)19-12-11-17(5)18(6)13-19/h7-13,15-16H,14H2,1-6H3. The van der Waals surface area contributed by atoms with E-state index in [4.69, 9.17) is 4.98 Å². The van der Waals surface area contributed by atoms with E-state index in [1.165, 1.54) is 11.8 Å². The fourth-order valence-electron chi connectivity index (χ4n) is 3.67. The maximum absolute atomic E-state index is 13.4. The lowest BCUT2D eigenvalue weighted by Gasteiger charge is -2.30. The maximum Gasteiger partial charge on any atom is 0.266 e. The van der Waals surface area contributed by atoms with E-state index in [1.807, 2.05) is 82.8 Å². The third kappa shape index (κ3) is 4.43. The predicted octanol–water partition coefficient (Wildman–Crippen LogP) is 4.74. The Morgan fingerprint density at radius 1 is 1.03 bits per heavy atom. The Kier molecular flexibility index (Phi) is 6.66. The number of nitrogens with zero attached hydrogens (tertiary/aromatic N) is 3. The number of hydrogen-bond acceptors (Lipinski definition) is 4. The van der Waals surface area contributed by atoms with Crippen LogP contribution in [0.4, 0.5) is 0 Å².